The lowest BCUT2D eigenvalue weighted by atomic mass is 9.98. The van der Waals surface area contributed by atoms with Crippen LogP contribution >= 0.6 is 0 Å². The molecule has 1 fully saturated rings. The van der Waals surface area contributed by atoms with E-state index in [0.717, 1.165) is 18.4 Å². The zero-order chi connectivity index (χ0) is 22.0. The maximum absolute atomic E-state index is 13.4. The predicted octanol–water partition coefficient (Wildman–Crippen LogP) is 2.98. The lowest BCUT2D eigenvalue weighted by Gasteiger charge is -2.31. The standard InChI is InChI=1S/C23H25FN4O3/c1-15-9-16(2)28(23(30)26-15)14-21(29)27-8-4-6-18(13-27)22-25-12-20(31-22)11-17-5-3-7-19(24)10-17/h3,5,7,9-10,12,18H,4,6,8,11,13-14H2,1-2H3/t18-/m1/s1. The predicted molar refractivity (Wildman–Crippen MR) is 112 cm³/mol. The molecule has 1 aromatic carbocycles. The Morgan fingerprint density at radius 2 is 2.13 bits per heavy atom. The first kappa shape index (κ1) is 21.0. The van der Waals surface area contributed by atoms with E-state index in [1.54, 1.807) is 37.1 Å². The molecule has 3 heterocycles. The normalized spacial score (nSPS) is 16.5. The number of oxazole rings is 1. The highest BCUT2D eigenvalue weighted by atomic mass is 19.1. The number of rotatable bonds is 5. The number of benzene rings is 1. The second-order valence-electron chi connectivity index (χ2n) is 8.06. The molecule has 0 spiro atoms. The van der Waals surface area contributed by atoms with E-state index < -0.39 is 5.69 Å². The highest BCUT2D eigenvalue weighted by Gasteiger charge is 2.28. The summed E-state index contributed by atoms with van der Waals surface area (Å²) < 4.78 is 20.7. The van der Waals surface area contributed by atoms with Gasteiger partial charge in [0.25, 0.3) is 0 Å². The minimum Gasteiger partial charge on any atom is -0.445 e. The summed E-state index contributed by atoms with van der Waals surface area (Å²) in [5, 5.41) is 0. The summed E-state index contributed by atoms with van der Waals surface area (Å²) in [6.07, 6.45) is 3.83. The third kappa shape index (κ3) is 4.90. The van der Waals surface area contributed by atoms with Crippen LogP contribution < -0.4 is 5.69 Å². The van der Waals surface area contributed by atoms with Gasteiger partial charge < -0.3 is 9.32 Å². The SMILES string of the molecule is Cc1cc(C)n(CC(=O)N2CCC[C@@H](c3ncc(Cc4cccc(F)c4)o3)C2)c(=O)n1. The number of amides is 1. The van der Waals surface area contributed by atoms with Crippen molar-refractivity contribution >= 4 is 5.91 Å². The first-order valence-corrected chi connectivity index (χ1v) is 10.4. The molecule has 8 heteroatoms. The van der Waals surface area contributed by atoms with E-state index in [0.29, 0.717) is 42.5 Å². The first-order chi connectivity index (χ1) is 14.9. The van der Waals surface area contributed by atoms with Crippen LogP contribution in [0.25, 0.3) is 0 Å². The van der Waals surface area contributed by atoms with Crippen molar-refractivity contribution < 1.29 is 13.6 Å². The smallest absolute Gasteiger partial charge is 0.348 e. The van der Waals surface area contributed by atoms with Crippen LogP contribution in [-0.4, -0.2) is 38.4 Å². The molecular formula is C23H25FN4O3. The van der Waals surface area contributed by atoms with Crippen molar-refractivity contribution in [3.05, 3.63) is 81.4 Å². The fraction of sp³-hybridized carbons (Fsp3) is 0.391. The summed E-state index contributed by atoms with van der Waals surface area (Å²) in [6.45, 7) is 4.66. The second-order valence-corrected chi connectivity index (χ2v) is 8.06. The van der Waals surface area contributed by atoms with Gasteiger partial charge in [0.1, 0.15) is 18.1 Å². The van der Waals surface area contributed by atoms with E-state index in [-0.39, 0.29) is 24.2 Å². The number of piperidine rings is 1. The summed E-state index contributed by atoms with van der Waals surface area (Å²) in [4.78, 5) is 35.1. The average Bonchev–Trinajstić information content (AvgIpc) is 3.19. The first-order valence-electron chi connectivity index (χ1n) is 10.4. The quantitative estimate of drug-likeness (QED) is 0.629. The van der Waals surface area contributed by atoms with Crippen molar-refractivity contribution in [1.82, 2.24) is 19.4 Å². The largest absolute Gasteiger partial charge is 0.445 e. The van der Waals surface area contributed by atoms with Gasteiger partial charge in [-0.05, 0) is 50.5 Å². The van der Waals surface area contributed by atoms with Gasteiger partial charge in [0.2, 0.25) is 5.91 Å². The molecular weight excluding hydrogens is 399 g/mol. The zero-order valence-electron chi connectivity index (χ0n) is 17.7. The number of hydrogen-bond donors (Lipinski definition) is 0. The van der Waals surface area contributed by atoms with Crippen molar-refractivity contribution in [2.24, 2.45) is 0 Å². The molecule has 0 aliphatic carbocycles. The average molecular weight is 424 g/mol. The Hall–Kier alpha value is -3.29. The maximum atomic E-state index is 13.4. The summed E-state index contributed by atoms with van der Waals surface area (Å²) in [7, 11) is 0. The van der Waals surface area contributed by atoms with Crippen LogP contribution in [0.1, 0.15) is 47.4 Å². The van der Waals surface area contributed by atoms with Crippen LogP contribution in [0.4, 0.5) is 4.39 Å². The Labute approximate surface area is 179 Å². The summed E-state index contributed by atoms with van der Waals surface area (Å²) in [5.74, 6) is 0.850. The minimum atomic E-state index is -0.408. The highest BCUT2D eigenvalue weighted by molar-refractivity contribution is 5.76. The Bertz CT molecular complexity index is 1150. The second kappa shape index (κ2) is 8.83. The van der Waals surface area contributed by atoms with Crippen molar-refractivity contribution in [2.75, 3.05) is 13.1 Å². The minimum absolute atomic E-state index is 0.00655. The van der Waals surface area contributed by atoms with Gasteiger partial charge in [-0.25, -0.2) is 14.2 Å². The van der Waals surface area contributed by atoms with Crippen molar-refractivity contribution in [1.29, 1.82) is 0 Å². The van der Waals surface area contributed by atoms with Gasteiger partial charge in [-0.15, -0.1) is 0 Å². The number of carbonyl (C=O) groups excluding carboxylic acids is 1. The van der Waals surface area contributed by atoms with Gasteiger partial charge in [0.05, 0.1) is 12.1 Å². The molecule has 0 radical (unpaired) electrons. The van der Waals surface area contributed by atoms with Crippen molar-refractivity contribution in [3.8, 4) is 0 Å². The number of carbonyl (C=O) groups is 1. The lowest BCUT2D eigenvalue weighted by molar-refractivity contribution is -0.133. The molecule has 3 aromatic rings. The van der Waals surface area contributed by atoms with Crippen LogP contribution in [0.2, 0.25) is 0 Å². The summed E-state index contributed by atoms with van der Waals surface area (Å²) in [6, 6.07) is 8.19. The lowest BCUT2D eigenvalue weighted by Crippen LogP contribution is -2.42. The van der Waals surface area contributed by atoms with Gasteiger partial charge in [0, 0.05) is 30.9 Å². The molecule has 1 amide bonds. The topological polar surface area (TPSA) is 81.2 Å². The third-order valence-electron chi connectivity index (χ3n) is 5.60. The molecule has 1 saturated heterocycles. The molecule has 1 atom stereocenters. The van der Waals surface area contributed by atoms with Crippen LogP contribution in [0.3, 0.4) is 0 Å². The van der Waals surface area contributed by atoms with Gasteiger partial charge >= 0.3 is 5.69 Å². The van der Waals surface area contributed by atoms with E-state index in [4.69, 9.17) is 4.42 Å². The van der Waals surface area contributed by atoms with E-state index in [9.17, 15) is 14.0 Å². The Kier molecular flexibility index (Phi) is 5.97. The number of likely N-dealkylation sites (tertiary alicyclic amines) is 1. The number of aryl methyl sites for hydroxylation is 2. The Balaban J connectivity index is 1.42. The van der Waals surface area contributed by atoms with E-state index >= 15 is 0 Å². The van der Waals surface area contributed by atoms with E-state index in [1.807, 2.05) is 6.07 Å². The Morgan fingerprint density at radius 3 is 2.90 bits per heavy atom. The molecule has 7 nitrogen and oxygen atoms in total. The van der Waals surface area contributed by atoms with Crippen LogP contribution in [0.15, 0.2) is 45.7 Å². The summed E-state index contributed by atoms with van der Waals surface area (Å²) in [5.41, 5.74) is 1.76. The number of nitrogens with zero attached hydrogens (tertiary/aromatic N) is 4. The molecule has 0 unspecified atom stereocenters. The van der Waals surface area contributed by atoms with Crippen LogP contribution in [0.5, 0.6) is 0 Å². The summed E-state index contributed by atoms with van der Waals surface area (Å²) >= 11 is 0. The molecule has 0 bridgehead atoms. The molecule has 0 saturated carbocycles. The Morgan fingerprint density at radius 1 is 1.29 bits per heavy atom. The molecule has 1 aliphatic rings. The number of hydrogen-bond acceptors (Lipinski definition) is 5. The monoisotopic (exact) mass is 424 g/mol. The molecule has 4 rings (SSSR count). The van der Waals surface area contributed by atoms with E-state index in [2.05, 4.69) is 9.97 Å². The van der Waals surface area contributed by atoms with Gasteiger partial charge in [0.15, 0.2) is 5.89 Å². The highest BCUT2D eigenvalue weighted by Crippen LogP contribution is 2.27. The molecule has 0 N–H and O–H groups in total. The number of aromatic nitrogens is 3. The maximum Gasteiger partial charge on any atom is 0.348 e. The van der Waals surface area contributed by atoms with Crippen molar-refractivity contribution in [3.63, 3.8) is 0 Å². The third-order valence-corrected chi connectivity index (χ3v) is 5.60. The van der Waals surface area contributed by atoms with Gasteiger partial charge in [-0.3, -0.25) is 9.36 Å². The zero-order valence-corrected chi connectivity index (χ0v) is 17.7. The fourth-order valence-corrected chi connectivity index (χ4v) is 4.05. The molecule has 1 aliphatic heterocycles. The van der Waals surface area contributed by atoms with Gasteiger partial charge in [-0.2, -0.15) is 4.98 Å². The van der Waals surface area contributed by atoms with Gasteiger partial charge in [-0.1, -0.05) is 12.1 Å². The van der Waals surface area contributed by atoms with Crippen LogP contribution in [-0.2, 0) is 17.8 Å². The van der Waals surface area contributed by atoms with E-state index in [1.165, 1.54) is 16.7 Å². The molecule has 31 heavy (non-hydrogen) atoms. The molecule has 2 aromatic heterocycles. The number of halogens is 1. The fourth-order valence-electron chi connectivity index (χ4n) is 4.05. The molecule has 162 valence electrons. The van der Waals surface area contributed by atoms with Crippen molar-refractivity contribution in [2.45, 2.75) is 45.6 Å². The van der Waals surface area contributed by atoms with Crippen LogP contribution in [0, 0.1) is 19.7 Å².